The number of aromatic nitrogens is 4. The molecule has 0 aliphatic carbocycles. The second-order valence-electron chi connectivity index (χ2n) is 6.49. The summed E-state index contributed by atoms with van der Waals surface area (Å²) in [6.07, 6.45) is 8.05. The van der Waals surface area contributed by atoms with Gasteiger partial charge in [-0.2, -0.15) is 10.2 Å². The molecule has 1 N–H and O–H groups in total. The Bertz CT molecular complexity index is 882. The first-order chi connectivity index (χ1) is 12.2. The molecule has 0 spiro atoms. The van der Waals surface area contributed by atoms with Crippen molar-refractivity contribution in [3.8, 4) is 0 Å². The lowest BCUT2D eigenvalue weighted by Crippen LogP contribution is -2.36. The van der Waals surface area contributed by atoms with Crippen molar-refractivity contribution in [1.82, 2.24) is 29.6 Å². The third-order valence-corrected chi connectivity index (χ3v) is 4.82. The molecule has 130 valence electrons. The van der Waals surface area contributed by atoms with Crippen LogP contribution in [-0.2, 0) is 6.54 Å². The van der Waals surface area contributed by atoms with Crippen molar-refractivity contribution in [1.29, 1.82) is 0 Å². The van der Waals surface area contributed by atoms with Crippen molar-refractivity contribution >= 4 is 11.4 Å². The zero-order valence-corrected chi connectivity index (χ0v) is 14.3. The molecule has 0 unspecified atom stereocenters. The highest BCUT2D eigenvalue weighted by atomic mass is 16.1. The van der Waals surface area contributed by atoms with Crippen molar-refractivity contribution in [2.45, 2.75) is 25.4 Å². The van der Waals surface area contributed by atoms with Gasteiger partial charge in [-0.05, 0) is 37.6 Å². The van der Waals surface area contributed by atoms with Crippen LogP contribution in [0.15, 0.2) is 42.9 Å². The zero-order valence-electron chi connectivity index (χ0n) is 14.3. The first kappa shape index (κ1) is 15.8. The highest BCUT2D eigenvalue weighted by Gasteiger charge is 2.23. The molecule has 7 heteroatoms. The molecule has 1 atom stereocenters. The molecule has 0 saturated carbocycles. The summed E-state index contributed by atoms with van der Waals surface area (Å²) in [6.45, 7) is 2.89. The van der Waals surface area contributed by atoms with Gasteiger partial charge in [-0.1, -0.05) is 6.07 Å². The fourth-order valence-corrected chi connectivity index (χ4v) is 3.53. The molecule has 3 aromatic rings. The van der Waals surface area contributed by atoms with Crippen LogP contribution < -0.4 is 5.32 Å². The largest absolute Gasteiger partial charge is 0.354 e. The average Bonchev–Trinajstić information content (AvgIpc) is 3.29. The smallest absolute Gasteiger partial charge is 0.271 e. The van der Waals surface area contributed by atoms with E-state index >= 15 is 0 Å². The summed E-state index contributed by atoms with van der Waals surface area (Å²) in [4.78, 5) is 14.1. The van der Waals surface area contributed by atoms with Gasteiger partial charge >= 0.3 is 0 Å². The number of nitrogens with zero attached hydrogens (tertiary/aromatic N) is 5. The molecule has 4 heterocycles. The minimum atomic E-state index is -0.141. The number of amides is 1. The van der Waals surface area contributed by atoms with Crippen molar-refractivity contribution in [3.05, 3.63) is 54.1 Å². The predicted molar refractivity (Wildman–Crippen MR) is 94.4 cm³/mol. The third-order valence-electron chi connectivity index (χ3n) is 4.82. The maximum absolute atomic E-state index is 11.7. The van der Waals surface area contributed by atoms with Gasteiger partial charge in [-0.15, -0.1) is 0 Å². The van der Waals surface area contributed by atoms with Gasteiger partial charge in [-0.3, -0.25) is 14.4 Å². The van der Waals surface area contributed by atoms with Crippen LogP contribution in [0.2, 0.25) is 0 Å². The number of fused-ring (bicyclic) bond motifs is 1. The van der Waals surface area contributed by atoms with Crippen LogP contribution in [0.3, 0.4) is 0 Å². The number of hydrogen-bond acceptors (Lipinski definition) is 4. The van der Waals surface area contributed by atoms with E-state index < -0.39 is 0 Å². The molecule has 7 nitrogen and oxygen atoms in total. The Morgan fingerprint density at radius 3 is 3.12 bits per heavy atom. The lowest BCUT2D eigenvalue weighted by Gasteiger charge is -2.32. The summed E-state index contributed by atoms with van der Waals surface area (Å²) in [6, 6.07) is 8.22. The normalized spacial score (nSPS) is 18.5. The molecule has 0 bridgehead atoms. The van der Waals surface area contributed by atoms with Crippen LogP contribution in [0.4, 0.5) is 0 Å². The Balaban J connectivity index is 1.47. The Kier molecular flexibility index (Phi) is 4.23. The van der Waals surface area contributed by atoms with Crippen LogP contribution in [0.1, 0.15) is 34.9 Å². The standard InChI is InChI=1S/C18H22N6O/c1-19-18(25)16-7-10-23(21-16)15-5-4-8-22(13-15)12-14-11-20-24-9-3-2-6-17(14)24/h2-3,6-7,9-11,15H,4-5,8,12-13H2,1H3,(H,19,25)/t15-/m0/s1. The minimum Gasteiger partial charge on any atom is -0.354 e. The van der Waals surface area contributed by atoms with E-state index in [-0.39, 0.29) is 5.91 Å². The summed E-state index contributed by atoms with van der Waals surface area (Å²) in [5.74, 6) is -0.141. The molecule has 1 aliphatic rings. The maximum atomic E-state index is 11.7. The molecule has 3 aromatic heterocycles. The third kappa shape index (κ3) is 3.15. The molecular formula is C18H22N6O. The molecule has 1 aliphatic heterocycles. The second kappa shape index (κ2) is 6.68. The fourth-order valence-electron chi connectivity index (χ4n) is 3.53. The van der Waals surface area contributed by atoms with Crippen LogP contribution in [0, 0.1) is 0 Å². The lowest BCUT2D eigenvalue weighted by molar-refractivity contribution is 0.0955. The quantitative estimate of drug-likeness (QED) is 0.787. The van der Waals surface area contributed by atoms with E-state index in [1.807, 2.05) is 39.9 Å². The number of hydrogen-bond donors (Lipinski definition) is 1. The van der Waals surface area contributed by atoms with Crippen LogP contribution >= 0.6 is 0 Å². The SMILES string of the molecule is CNC(=O)c1ccn([C@H]2CCCN(Cc3cnn4ccccc34)C2)n1. The number of carbonyl (C=O) groups is 1. The fraction of sp³-hybridized carbons (Fsp3) is 0.389. The summed E-state index contributed by atoms with van der Waals surface area (Å²) in [5.41, 5.74) is 2.88. The summed E-state index contributed by atoms with van der Waals surface area (Å²) >= 11 is 0. The number of likely N-dealkylation sites (tertiary alicyclic amines) is 1. The molecule has 0 radical (unpaired) electrons. The van der Waals surface area contributed by atoms with Crippen molar-refractivity contribution in [2.24, 2.45) is 0 Å². The zero-order chi connectivity index (χ0) is 17.2. The minimum absolute atomic E-state index is 0.141. The van der Waals surface area contributed by atoms with Gasteiger partial charge in [0.05, 0.1) is 17.8 Å². The molecular weight excluding hydrogens is 316 g/mol. The summed E-state index contributed by atoms with van der Waals surface area (Å²) in [5, 5.41) is 11.5. The predicted octanol–water partition coefficient (Wildman–Crippen LogP) is 1.73. The van der Waals surface area contributed by atoms with Crippen molar-refractivity contribution in [3.63, 3.8) is 0 Å². The van der Waals surface area contributed by atoms with Gasteiger partial charge in [0.2, 0.25) is 0 Å². The topological polar surface area (TPSA) is 67.5 Å². The monoisotopic (exact) mass is 338 g/mol. The first-order valence-corrected chi connectivity index (χ1v) is 8.65. The van der Waals surface area contributed by atoms with Gasteiger partial charge in [0.25, 0.3) is 5.91 Å². The van der Waals surface area contributed by atoms with Crippen molar-refractivity contribution < 1.29 is 4.79 Å². The van der Waals surface area contributed by atoms with Gasteiger partial charge < -0.3 is 5.32 Å². The number of rotatable bonds is 4. The highest BCUT2D eigenvalue weighted by molar-refractivity contribution is 5.91. The number of piperidine rings is 1. The second-order valence-corrected chi connectivity index (χ2v) is 6.49. The van der Waals surface area contributed by atoms with Crippen molar-refractivity contribution in [2.75, 3.05) is 20.1 Å². The van der Waals surface area contributed by atoms with E-state index in [4.69, 9.17) is 0 Å². The van der Waals surface area contributed by atoms with Crippen LogP contribution in [-0.4, -0.2) is 50.3 Å². The number of pyridine rings is 1. The Morgan fingerprint density at radius 2 is 2.24 bits per heavy atom. The van der Waals surface area contributed by atoms with E-state index in [0.717, 1.165) is 38.0 Å². The molecule has 4 rings (SSSR count). The Labute approximate surface area is 146 Å². The Morgan fingerprint density at radius 1 is 1.32 bits per heavy atom. The molecule has 1 amide bonds. The van der Waals surface area contributed by atoms with E-state index in [9.17, 15) is 4.79 Å². The maximum Gasteiger partial charge on any atom is 0.271 e. The van der Waals surface area contributed by atoms with Gasteiger partial charge in [0.15, 0.2) is 0 Å². The van der Waals surface area contributed by atoms with E-state index in [2.05, 4.69) is 26.5 Å². The van der Waals surface area contributed by atoms with E-state index in [1.54, 1.807) is 13.1 Å². The highest BCUT2D eigenvalue weighted by Crippen LogP contribution is 2.23. The van der Waals surface area contributed by atoms with E-state index in [0.29, 0.717) is 11.7 Å². The lowest BCUT2D eigenvalue weighted by atomic mass is 10.1. The van der Waals surface area contributed by atoms with Gasteiger partial charge in [-0.25, -0.2) is 4.52 Å². The number of nitrogens with one attached hydrogen (secondary N) is 1. The Hall–Kier alpha value is -2.67. The summed E-state index contributed by atoms with van der Waals surface area (Å²) in [7, 11) is 1.62. The van der Waals surface area contributed by atoms with E-state index in [1.165, 1.54) is 5.56 Å². The van der Waals surface area contributed by atoms with Crippen LogP contribution in [0.25, 0.3) is 5.52 Å². The molecule has 1 fully saturated rings. The first-order valence-electron chi connectivity index (χ1n) is 8.65. The molecule has 1 saturated heterocycles. The van der Waals surface area contributed by atoms with Gasteiger partial charge in [0.1, 0.15) is 5.69 Å². The molecule has 25 heavy (non-hydrogen) atoms. The molecule has 0 aromatic carbocycles. The average molecular weight is 338 g/mol. The summed E-state index contributed by atoms with van der Waals surface area (Å²) < 4.78 is 3.85. The van der Waals surface area contributed by atoms with Crippen LogP contribution in [0.5, 0.6) is 0 Å². The number of carbonyl (C=O) groups excluding carboxylic acids is 1. The van der Waals surface area contributed by atoms with Gasteiger partial charge in [0, 0.05) is 38.1 Å².